The molecule has 0 aliphatic rings. The number of ether oxygens (including phenoxy) is 1. The van der Waals surface area contributed by atoms with E-state index in [1.807, 2.05) is 0 Å². The molecule has 1 rings (SSSR count). The minimum absolute atomic E-state index is 0.0436. The molecule has 0 fully saturated rings. The van der Waals surface area contributed by atoms with E-state index in [1.165, 1.54) is 0 Å². The summed E-state index contributed by atoms with van der Waals surface area (Å²) in [5, 5.41) is 0. The van der Waals surface area contributed by atoms with Crippen molar-refractivity contribution in [2.75, 3.05) is 6.61 Å². The molecule has 0 N–H and O–H groups in total. The number of aromatic nitrogens is 1. The van der Waals surface area contributed by atoms with E-state index in [2.05, 4.69) is 25.7 Å². The predicted octanol–water partition coefficient (Wildman–Crippen LogP) is 3.03. The summed E-state index contributed by atoms with van der Waals surface area (Å²) in [4.78, 5) is 14.6. The van der Waals surface area contributed by atoms with E-state index in [0.29, 0.717) is 0 Å². The van der Waals surface area contributed by atoms with Crippen molar-refractivity contribution in [3.63, 3.8) is 0 Å². The molecule has 0 bridgehead atoms. The van der Waals surface area contributed by atoms with Gasteiger partial charge in [0.1, 0.15) is 16.1 Å². The van der Waals surface area contributed by atoms with Crippen LogP contribution in [-0.2, 0) is 16.0 Å². The average molecular weight is 312 g/mol. The molecule has 0 aromatic carbocycles. The quantitative estimate of drug-likeness (QED) is 0.634. The summed E-state index contributed by atoms with van der Waals surface area (Å²) < 4.78 is 43.2. The molecule has 0 radical (unpaired) electrons. The first-order valence-electron chi connectivity index (χ1n) is 4.74. The van der Waals surface area contributed by atoms with E-state index in [9.17, 15) is 18.0 Å². The number of halogens is 4. The Morgan fingerprint density at radius 2 is 2.24 bits per heavy atom. The van der Waals surface area contributed by atoms with Crippen molar-refractivity contribution in [2.24, 2.45) is 0 Å². The van der Waals surface area contributed by atoms with Gasteiger partial charge in [-0.3, -0.25) is 4.79 Å². The second-order valence-electron chi connectivity index (χ2n) is 3.07. The van der Waals surface area contributed by atoms with Crippen LogP contribution < -0.4 is 0 Å². The third kappa shape index (κ3) is 3.69. The first kappa shape index (κ1) is 14.0. The van der Waals surface area contributed by atoms with Crippen LogP contribution in [0.1, 0.15) is 24.6 Å². The molecule has 0 atom stereocenters. The van der Waals surface area contributed by atoms with E-state index < -0.39 is 35.9 Å². The SMILES string of the molecule is CCOC(=O)Cc1c(F)cc(Br)nc1C(F)F. The van der Waals surface area contributed by atoms with Gasteiger partial charge in [-0.2, -0.15) is 0 Å². The molecule has 0 saturated heterocycles. The Labute approximate surface area is 104 Å². The first-order valence-corrected chi connectivity index (χ1v) is 5.53. The van der Waals surface area contributed by atoms with Crippen LogP contribution in [0.15, 0.2) is 10.7 Å². The fraction of sp³-hybridized carbons (Fsp3) is 0.400. The second kappa shape index (κ2) is 6.00. The first-order chi connectivity index (χ1) is 7.95. The summed E-state index contributed by atoms with van der Waals surface area (Å²) in [6.07, 6.45) is -3.51. The van der Waals surface area contributed by atoms with Gasteiger partial charge in [0.2, 0.25) is 0 Å². The average Bonchev–Trinajstić information content (AvgIpc) is 2.21. The minimum atomic E-state index is -2.95. The molecule has 1 heterocycles. The van der Waals surface area contributed by atoms with Crippen LogP contribution >= 0.6 is 15.9 Å². The topological polar surface area (TPSA) is 39.2 Å². The monoisotopic (exact) mass is 311 g/mol. The smallest absolute Gasteiger partial charge is 0.310 e. The minimum Gasteiger partial charge on any atom is -0.466 e. The molecule has 7 heteroatoms. The number of esters is 1. The molecule has 0 amide bonds. The highest BCUT2D eigenvalue weighted by molar-refractivity contribution is 9.10. The maximum Gasteiger partial charge on any atom is 0.310 e. The number of carbonyl (C=O) groups excluding carboxylic acids is 1. The van der Waals surface area contributed by atoms with E-state index >= 15 is 0 Å². The third-order valence-electron chi connectivity index (χ3n) is 1.90. The van der Waals surface area contributed by atoms with E-state index in [0.717, 1.165) is 6.07 Å². The van der Waals surface area contributed by atoms with Crippen molar-refractivity contribution in [3.8, 4) is 0 Å². The largest absolute Gasteiger partial charge is 0.466 e. The fourth-order valence-corrected chi connectivity index (χ4v) is 1.63. The summed E-state index contributed by atoms with van der Waals surface area (Å²) in [6, 6.07) is 0.931. The van der Waals surface area contributed by atoms with Crippen molar-refractivity contribution in [3.05, 3.63) is 27.7 Å². The third-order valence-corrected chi connectivity index (χ3v) is 2.31. The van der Waals surface area contributed by atoms with Gasteiger partial charge in [-0.25, -0.2) is 18.2 Å². The van der Waals surface area contributed by atoms with Crippen LogP contribution in [0.4, 0.5) is 13.2 Å². The lowest BCUT2D eigenvalue weighted by molar-refractivity contribution is -0.142. The summed E-state index contributed by atoms with van der Waals surface area (Å²) >= 11 is 2.81. The van der Waals surface area contributed by atoms with Crippen LogP contribution in [-0.4, -0.2) is 17.6 Å². The summed E-state index contributed by atoms with van der Waals surface area (Å²) in [5.74, 6) is -1.67. The maximum atomic E-state index is 13.5. The van der Waals surface area contributed by atoms with Crippen molar-refractivity contribution in [1.82, 2.24) is 4.98 Å². The zero-order valence-corrected chi connectivity index (χ0v) is 10.4. The highest BCUT2D eigenvalue weighted by Gasteiger charge is 2.22. The van der Waals surface area contributed by atoms with Gasteiger partial charge < -0.3 is 4.74 Å². The van der Waals surface area contributed by atoms with Crippen LogP contribution in [0.25, 0.3) is 0 Å². The molecular weight excluding hydrogens is 303 g/mol. The van der Waals surface area contributed by atoms with Gasteiger partial charge >= 0.3 is 5.97 Å². The van der Waals surface area contributed by atoms with Crippen LogP contribution in [0, 0.1) is 5.82 Å². The van der Waals surface area contributed by atoms with Crippen LogP contribution in [0.5, 0.6) is 0 Å². The lowest BCUT2D eigenvalue weighted by Gasteiger charge is -2.09. The van der Waals surface area contributed by atoms with Crippen molar-refractivity contribution in [1.29, 1.82) is 0 Å². The Bertz CT molecular complexity index is 426. The summed E-state index contributed by atoms with van der Waals surface area (Å²) in [7, 11) is 0. The number of pyridine rings is 1. The molecule has 0 aliphatic heterocycles. The highest BCUT2D eigenvalue weighted by atomic mass is 79.9. The van der Waals surface area contributed by atoms with Crippen molar-refractivity contribution >= 4 is 21.9 Å². The van der Waals surface area contributed by atoms with Gasteiger partial charge in [0.25, 0.3) is 6.43 Å². The lowest BCUT2D eigenvalue weighted by atomic mass is 10.1. The van der Waals surface area contributed by atoms with E-state index in [1.54, 1.807) is 6.92 Å². The highest BCUT2D eigenvalue weighted by Crippen LogP contribution is 2.26. The van der Waals surface area contributed by atoms with E-state index in [-0.39, 0.29) is 11.2 Å². The number of alkyl halides is 2. The standard InChI is InChI=1S/C10H9BrF3NO2/c1-2-17-8(16)3-5-6(12)4-7(11)15-9(5)10(13)14/h4,10H,2-3H2,1H3. The number of hydrogen-bond acceptors (Lipinski definition) is 3. The number of carbonyl (C=O) groups is 1. The van der Waals surface area contributed by atoms with Gasteiger partial charge in [-0.15, -0.1) is 0 Å². The Kier molecular flexibility index (Phi) is 4.92. The van der Waals surface area contributed by atoms with Crippen LogP contribution in [0.2, 0.25) is 0 Å². The molecule has 0 saturated carbocycles. The summed E-state index contributed by atoms with van der Waals surface area (Å²) in [6.45, 7) is 1.68. The Morgan fingerprint density at radius 1 is 1.59 bits per heavy atom. The predicted molar refractivity (Wildman–Crippen MR) is 57.2 cm³/mol. The summed E-state index contributed by atoms with van der Waals surface area (Å²) in [5.41, 5.74) is -1.17. The number of nitrogens with zero attached hydrogens (tertiary/aromatic N) is 1. The fourth-order valence-electron chi connectivity index (χ4n) is 1.24. The van der Waals surface area contributed by atoms with E-state index in [4.69, 9.17) is 0 Å². The molecule has 0 spiro atoms. The van der Waals surface area contributed by atoms with Gasteiger partial charge in [0.05, 0.1) is 13.0 Å². The second-order valence-corrected chi connectivity index (χ2v) is 3.89. The zero-order chi connectivity index (χ0) is 13.0. The van der Waals surface area contributed by atoms with Crippen molar-refractivity contribution in [2.45, 2.75) is 19.8 Å². The van der Waals surface area contributed by atoms with Crippen LogP contribution in [0.3, 0.4) is 0 Å². The van der Waals surface area contributed by atoms with Gasteiger partial charge in [0, 0.05) is 11.6 Å². The molecule has 1 aromatic heterocycles. The van der Waals surface area contributed by atoms with Gasteiger partial charge in [-0.05, 0) is 22.9 Å². The number of rotatable bonds is 4. The molecule has 3 nitrogen and oxygen atoms in total. The zero-order valence-electron chi connectivity index (χ0n) is 8.84. The maximum absolute atomic E-state index is 13.5. The Hall–Kier alpha value is -1.11. The van der Waals surface area contributed by atoms with Gasteiger partial charge in [0.15, 0.2) is 0 Å². The lowest BCUT2D eigenvalue weighted by Crippen LogP contribution is -2.12. The molecule has 1 aromatic rings. The number of hydrogen-bond donors (Lipinski definition) is 0. The normalized spacial score (nSPS) is 10.7. The molecule has 17 heavy (non-hydrogen) atoms. The van der Waals surface area contributed by atoms with Gasteiger partial charge in [-0.1, -0.05) is 0 Å². The molecule has 94 valence electrons. The Balaban J connectivity index is 3.08. The Morgan fingerprint density at radius 3 is 2.76 bits per heavy atom. The molecule has 0 aliphatic carbocycles. The molecular formula is C10H9BrF3NO2. The molecule has 0 unspecified atom stereocenters. The van der Waals surface area contributed by atoms with Crippen molar-refractivity contribution < 1.29 is 22.7 Å².